The lowest BCUT2D eigenvalue weighted by Gasteiger charge is -2.05. The SMILES string of the molecule is NCCCCC(=O)NOCc1ccccc1. The Hall–Kier alpha value is -1.39. The highest BCUT2D eigenvalue weighted by Crippen LogP contribution is 1.99. The second-order valence-electron chi connectivity index (χ2n) is 3.55. The Morgan fingerprint density at radius 1 is 1.25 bits per heavy atom. The van der Waals surface area contributed by atoms with Gasteiger partial charge < -0.3 is 5.73 Å². The number of carbonyl (C=O) groups excluding carboxylic acids is 1. The molecule has 0 aromatic heterocycles. The summed E-state index contributed by atoms with van der Waals surface area (Å²) in [6.45, 7) is 1.02. The topological polar surface area (TPSA) is 64.4 Å². The first kappa shape index (κ1) is 12.7. The number of carbonyl (C=O) groups is 1. The van der Waals surface area contributed by atoms with Crippen molar-refractivity contribution in [2.24, 2.45) is 5.73 Å². The van der Waals surface area contributed by atoms with Gasteiger partial charge in [0.1, 0.15) is 0 Å². The number of nitrogens with one attached hydrogen (secondary N) is 1. The summed E-state index contributed by atoms with van der Waals surface area (Å²) >= 11 is 0. The molecular formula is C12H18N2O2. The van der Waals surface area contributed by atoms with Crippen molar-refractivity contribution in [1.82, 2.24) is 5.48 Å². The number of hydrogen-bond donors (Lipinski definition) is 2. The molecule has 0 aliphatic carbocycles. The molecule has 0 heterocycles. The van der Waals surface area contributed by atoms with Crippen LogP contribution in [-0.4, -0.2) is 12.5 Å². The zero-order chi connectivity index (χ0) is 11.6. The van der Waals surface area contributed by atoms with Crippen molar-refractivity contribution in [3.8, 4) is 0 Å². The molecule has 1 amide bonds. The fourth-order valence-electron chi connectivity index (χ4n) is 1.26. The molecular weight excluding hydrogens is 204 g/mol. The summed E-state index contributed by atoms with van der Waals surface area (Å²) in [5, 5.41) is 0. The molecule has 0 aliphatic rings. The van der Waals surface area contributed by atoms with Crippen molar-refractivity contribution >= 4 is 5.91 Å². The van der Waals surface area contributed by atoms with Crippen molar-refractivity contribution in [2.75, 3.05) is 6.54 Å². The van der Waals surface area contributed by atoms with E-state index in [1.54, 1.807) is 0 Å². The van der Waals surface area contributed by atoms with E-state index in [1.807, 2.05) is 30.3 Å². The van der Waals surface area contributed by atoms with Crippen molar-refractivity contribution in [3.63, 3.8) is 0 Å². The fraction of sp³-hybridized carbons (Fsp3) is 0.417. The molecule has 0 saturated heterocycles. The third kappa shape index (κ3) is 5.48. The highest BCUT2D eigenvalue weighted by Gasteiger charge is 2.00. The van der Waals surface area contributed by atoms with Crippen LogP contribution in [0.25, 0.3) is 0 Å². The number of hydrogen-bond acceptors (Lipinski definition) is 3. The van der Waals surface area contributed by atoms with E-state index in [1.165, 1.54) is 0 Å². The predicted octanol–water partition coefficient (Wildman–Crippen LogP) is 1.36. The summed E-state index contributed by atoms with van der Waals surface area (Å²) in [5.41, 5.74) is 8.77. The zero-order valence-electron chi connectivity index (χ0n) is 9.32. The summed E-state index contributed by atoms with van der Waals surface area (Å²) in [6, 6.07) is 9.69. The summed E-state index contributed by atoms with van der Waals surface area (Å²) in [7, 11) is 0. The minimum absolute atomic E-state index is 0.0932. The van der Waals surface area contributed by atoms with E-state index in [9.17, 15) is 4.79 Å². The van der Waals surface area contributed by atoms with Crippen LogP contribution in [0.3, 0.4) is 0 Å². The smallest absolute Gasteiger partial charge is 0.243 e. The molecule has 16 heavy (non-hydrogen) atoms. The molecule has 0 spiro atoms. The van der Waals surface area contributed by atoms with Gasteiger partial charge in [0.05, 0.1) is 6.61 Å². The molecule has 3 N–H and O–H groups in total. The summed E-state index contributed by atoms with van der Waals surface area (Å²) < 4.78 is 0. The fourth-order valence-corrected chi connectivity index (χ4v) is 1.26. The van der Waals surface area contributed by atoms with Gasteiger partial charge in [0.2, 0.25) is 5.91 Å². The standard InChI is InChI=1S/C12H18N2O2/c13-9-5-4-8-12(15)14-16-10-11-6-2-1-3-7-11/h1-3,6-7H,4-5,8-10,13H2,(H,14,15). The molecule has 0 bridgehead atoms. The highest BCUT2D eigenvalue weighted by atomic mass is 16.6. The van der Waals surface area contributed by atoms with Gasteiger partial charge in [-0.25, -0.2) is 5.48 Å². The third-order valence-corrected chi connectivity index (χ3v) is 2.13. The number of hydroxylamine groups is 1. The van der Waals surface area contributed by atoms with Gasteiger partial charge in [-0.05, 0) is 24.9 Å². The normalized spacial score (nSPS) is 10.1. The van der Waals surface area contributed by atoms with Crippen molar-refractivity contribution < 1.29 is 9.63 Å². The van der Waals surface area contributed by atoms with Crippen LogP contribution in [-0.2, 0) is 16.2 Å². The summed E-state index contributed by atoms with van der Waals surface area (Å²) in [5.74, 6) is -0.0932. The summed E-state index contributed by atoms with van der Waals surface area (Å²) in [6.07, 6.45) is 2.13. The van der Waals surface area contributed by atoms with Crippen molar-refractivity contribution in [2.45, 2.75) is 25.9 Å². The summed E-state index contributed by atoms with van der Waals surface area (Å²) in [4.78, 5) is 16.3. The van der Waals surface area contributed by atoms with Gasteiger partial charge in [-0.1, -0.05) is 30.3 Å². The van der Waals surface area contributed by atoms with Crippen LogP contribution in [0.4, 0.5) is 0 Å². The van der Waals surface area contributed by atoms with E-state index in [2.05, 4.69) is 5.48 Å². The Kier molecular flexibility index (Phi) is 6.22. The van der Waals surface area contributed by atoms with Gasteiger partial charge in [0.25, 0.3) is 0 Å². The zero-order valence-corrected chi connectivity index (χ0v) is 9.32. The molecule has 4 heteroatoms. The van der Waals surface area contributed by atoms with E-state index in [4.69, 9.17) is 10.6 Å². The average Bonchev–Trinajstić information content (AvgIpc) is 2.31. The molecule has 0 saturated carbocycles. The average molecular weight is 222 g/mol. The van der Waals surface area contributed by atoms with E-state index in [-0.39, 0.29) is 5.91 Å². The largest absolute Gasteiger partial charge is 0.330 e. The number of nitrogens with two attached hydrogens (primary N) is 1. The van der Waals surface area contributed by atoms with Crippen LogP contribution in [0.15, 0.2) is 30.3 Å². The van der Waals surface area contributed by atoms with Gasteiger partial charge in [0, 0.05) is 6.42 Å². The first-order valence-corrected chi connectivity index (χ1v) is 5.47. The first-order valence-electron chi connectivity index (χ1n) is 5.47. The molecule has 1 rings (SSSR count). The van der Waals surface area contributed by atoms with Crippen LogP contribution in [0.1, 0.15) is 24.8 Å². The lowest BCUT2D eigenvalue weighted by Crippen LogP contribution is -2.23. The quantitative estimate of drug-likeness (QED) is 0.541. The van der Waals surface area contributed by atoms with Crippen LogP contribution in [0.2, 0.25) is 0 Å². The second kappa shape index (κ2) is 7.84. The van der Waals surface area contributed by atoms with Crippen molar-refractivity contribution in [3.05, 3.63) is 35.9 Å². The van der Waals surface area contributed by atoms with Gasteiger partial charge in [-0.3, -0.25) is 9.63 Å². The molecule has 0 aliphatic heterocycles. The molecule has 88 valence electrons. The minimum atomic E-state index is -0.0932. The predicted molar refractivity (Wildman–Crippen MR) is 62.3 cm³/mol. The van der Waals surface area contributed by atoms with Crippen LogP contribution in [0, 0.1) is 0 Å². The molecule has 0 unspecified atom stereocenters. The maximum absolute atomic E-state index is 11.2. The van der Waals surface area contributed by atoms with Gasteiger partial charge in [-0.15, -0.1) is 0 Å². The first-order chi connectivity index (χ1) is 7.83. The van der Waals surface area contributed by atoms with Crippen LogP contribution >= 0.6 is 0 Å². The monoisotopic (exact) mass is 222 g/mol. The van der Waals surface area contributed by atoms with Gasteiger partial charge >= 0.3 is 0 Å². The molecule has 0 atom stereocenters. The van der Waals surface area contributed by atoms with E-state index in [0.29, 0.717) is 19.6 Å². The molecule has 0 radical (unpaired) electrons. The Morgan fingerprint density at radius 3 is 2.69 bits per heavy atom. The van der Waals surface area contributed by atoms with Crippen LogP contribution < -0.4 is 11.2 Å². The number of amides is 1. The third-order valence-electron chi connectivity index (χ3n) is 2.13. The minimum Gasteiger partial charge on any atom is -0.330 e. The van der Waals surface area contributed by atoms with Gasteiger partial charge in [0.15, 0.2) is 0 Å². The Morgan fingerprint density at radius 2 is 2.00 bits per heavy atom. The highest BCUT2D eigenvalue weighted by molar-refractivity contribution is 5.74. The van der Waals surface area contributed by atoms with E-state index in [0.717, 1.165) is 18.4 Å². The maximum Gasteiger partial charge on any atom is 0.243 e. The van der Waals surface area contributed by atoms with E-state index < -0.39 is 0 Å². The Balaban J connectivity index is 2.09. The lowest BCUT2D eigenvalue weighted by atomic mass is 10.2. The van der Waals surface area contributed by atoms with E-state index >= 15 is 0 Å². The van der Waals surface area contributed by atoms with Crippen LogP contribution in [0.5, 0.6) is 0 Å². The lowest BCUT2D eigenvalue weighted by molar-refractivity contribution is -0.134. The molecule has 1 aromatic carbocycles. The maximum atomic E-state index is 11.2. The second-order valence-corrected chi connectivity index (χ2v) is 3.55. The number of unbranched alkanes of at least 4 members (excludes halogenated alkanes) is 1. The van der Waals surface area contributed by atoms with Gasteiger partial charge in [-0.2, -0.15) is 0 Å². The molecule has 4 nitrogen and oxygen atoms in total. The molecule has 1 aromatic rings. The molecule has 0 fully saturated rings. The van der Waals surface area contributed by atoms with Crippen molar-refractivity contribution in [1.29, 1.82) is 0 Å². The number of rotatable bonds is 7. The number of benzene rings is 1. The Bertz CT molecular complexity index is 301. The Labute approximate surface area is 95.7 Å².